The van der Waals surface area contributed by atoms with Gasteiger partial charge in [-0.15, -0.1) is 28.5 Å². The first-order chi connectivity index (χ1) is 31.4. The molecule has 0 radical (unpaired) electrons. The Hall–Kier alpha value is -6.00. The number of nitrogens with zero attached hydrogens (tertiary/aromatic N) is 4. The number of benzene rings is 3. The Bertz CT molecular complexity index is 3120. The second kappa shape index (κ2) is 18.9. The van der Waals surface area contributed by atoms with E-state index in [2.05, 4.69) is 169 Å². The molecule has 5 heterocycles. The van der Waals surface area contributed by atoms with Gasteiger partial charge in [0.1, 0.15) is 0 Å². The van der Waals surface area contributed by atoms with Crippen LogP contribution < -0.4 is 9.97 Å². The monoisotopic (exact) mass is 928 g/mol. The second-order valence-electron chi connectivity index (χ2n) is 20.1. The first-order valence-electron chi connectivity index (χ1n) is 23.8. The summed E-state index contributed by atoms with van der Waals surface area (Å²) in [6, 6.07) is 28.1. The van der Waals surface area contributed by atoms with Crippen LogP contribution in [0.5, 0.6) is 0 Å². The standard InChI is InChI=1S/C62H64N4.Zn/c1-16-40-21-23-41(24-22-40)25-26-42-27-29-43(30-28-42)55-57-36(6)47(17-2)51(63-57)34-53-49(19-4)38(8)59(65-53)56(44-31-45(61(10,11)12)33-46(32-44)62(13,14)15)60-39(9)50(20-5)54(66-60)35-52-48(18-3)37(7)58(55)64-52;/h1,21-24,27-35H,17-20H2,2-15H3;/q-2;+2. The first kappa shape index (κ1) is 48.9. The summed E-state index contributed by atoms with van der Waals surface area (Å²) in [7, 11) is 0. The van der Waals surface area contributed by atoms with E-state index >= 15 is 0 Å². The van der Waals surface area contributed by atoms with Crippen LogP contribution >= 0.6 is 0 Å². The van der Waals surface area contributed by atoms with Crippen LogP contribution in [0.4, 0.5) is 0 Å². The predicted octanol–water partition coefficient (Wildman–Crippen LogP) is 15.3. The Kier molecular flexibility index (Phi) is 13.8. The molecule has 3 aromatic heterocycles. The van der Waals surface area contributed by atoms with E-state index in [0.29, 0.717) is 0 Å². The number of fused-ring (bicyclic) bond motifs is 8. The fourth-order valence-corrected chi connectivity index (χ4v) is 9.85. The Balaban J connectivity index is 0.00000666. The maximum atomic E-state index is 5.68. The molecule has 0 N–H and O–H groups in total. The van der Waals surface area contributed by atoms with E-state index < -0.39 is 0 Å². The van der Waals surface area contributed by atoms with E-state index in [1.165, 1.54) is 55.7 Å². The molecule has 0 spiro atoms. The largest absolute Gasteiger partial charge is 2.00 e. The Morgan fingerprint density at radius 1 is 0.507 bits per heavy atom. The summed E-state index contributed by atoms with van der Waals surface area (Å²) in [5, 5.41) is 0. The van der Waals surface area contributed by atoms with Crippen molar-refractivity contribution >= 4 is 44.4 Å². The third kappa shape index (κ3) is 9.09. The summed E-state index contributed by atoms with van der Waals surface area (Å²) in [5.74, 6) is 9.36. The first-order valence-corrected chi connectivity index (χ1v) is 23.8. The number of hydrogen-bond donors (Lipinski definition) is 0. The van der Waals surface area contributed by atoms with E-state index in [0.717, 1.165) is 109 Å². The van der Waals surface area contributed by atoms with Gasteiger partial charge >= 0.3 is 19.5 Å². The molecular weight excluding hydrogens is 866 g/mol. The van der Waals surface area contributed by atoms with Crippen LogP contribution in [0.1, 0.15) is 169 Å². The number of rotatable bonds is 6. The van der Waals surface area contributed by atoms with E-state index in [9.17, 15) is 0 Å². The Labute approximate surface area is 413 Å². The molecule has 2 aliphatic rings. The van der Waals surface area contributed by atoms with E-state index in [1.54, 1.807) is 0 Å². The minimum Gasteiger partial charge on any atom is -0.657 e. The van der Waals surface area contributed by atoms with Crippen molar-refractivity contribution in [3.8, 4) is 46.4 Å². The molecule has 5 heteroatoms. The number of allylic oxidation sites excluding steroid dienone is 4. The van der Waals surface area contributed by atoms with E-state index in [-0.39, 0.29) is 30.3 Å². The van der Waals surface area contributed by atoms with Crippen molar-refractivity contribution in [2.24, 2.45) is 0 Å². The van der Waals surface area contributed by atoms with Crippen molar-refractivity contribution in [1.29, 1.82) is 0 Å². The van der Waals surface area contributed by atoms with Crippen molar-refractivity contribution in [2.75, 3.05) is 0 Å². The molecule has 0 unspecified atom stereocenters. The van der Waals surface area contributed by atoms with Gasteiger partial charge in [0, 0.05) is 22.3 Å². The fraction of sp³-hybridized carbons (Fsp3) is 0.323. The average molecular weight is 931 g/mol. The van der Waals surface area contributed by atoms with Gasteiger partial charge in [0.05, 0.1) is 22.8 Å². The summed E-state index contributed by atoms with van der Waals surface area (Å²) in [4.78, 5) is 22.6. The third-order valence-corrected chi connectivity index (χ3v) is 13.8. The molecule has 6 aromatic rings. The van der Waals surface area contributed by atoms with Gasteiger partial charge < -0.3 is 9.97 Å². The summed E-state index contributed by atoms with van der Waals surface area (Å²) < 4.78 is 0. The molecule has 0 fully saturated rings. The molecule has 8 bridgehead atoms. The minimum atomic E-state index is -0.0631. The van der Waals surface area contributed by atoms with Crippen molar-refractivity contribution in [3.63, 3.8) is 0 Å². The van der Waals surface area contributed by atoms with Crippen LogP contribution in [0.15, 0.2) is 78.9 Å². The SMILES string of the molecule is C#Cc1ccc(C#Cc2ccc(-c3c4[n-]c(cc5nc(c(-c6cc(C(C)(C)C)cc(C(C)(C)C)c6)c6nc(cc7[n-]c3c(C)c7CC)C(CC)=C6C)C(C)=C5CC)c(CC)c4C)cc2)cc1.[Zn+2]. The second-order valence-corrected chi connectivity index (χ2v) is 20.1. The number of terminal acetylenes is 1. The molecule has 8 rings (SSSR count). The predicted molar refractivity (Wildman–Crippen MR) is 281 cm³/mol. The average Bonchev–Trinajstić information content (AvgIpc) is 3.98. The maximum absolute atomic E-state index is 5.68. The van der Waals surface area contributed by atoms with Gasteiger partial charge in [-0.1, -0.05) is 152 Å². The summed E-state index contributed by atoms with van der Waals surface area (Å²) >= 11 is 0. The molecule has 3 aromatic carbocycles. The minimum absolute atomic E-state index is 0. The van der Waals surface area contributed by atoms with Gasteiger partial charge in [0.2, 0.25) is 0 Å². The van der Waals surface area contributed by atoms with Crippen molar-refractivity contribution in [2.45, 2.75) is 133 Å². The molecule has 67 heavy (non-hydrogen) atoms. The van der Waals surface area contributed by atoms with Crippen molar-refractivity contribution in [3.05, 3.63) is 152 Å². The van der Waals surface area contributed by atoms with Crippen LogP contribution in [-0.4, -0.2) is 9.97 Å². The smallest absolute Gasteiger partial charge is 0.657 e. The van der Waals surface area contributed by atoms with Gasteiger partial charge in [-0.25, -0.2) is 9.97 Å². The quantitative estimate of drug-likeness (QED) is 0.123. The van der Waals surface area contributed by atoms with Crippen LogP contribution in [0.2, 0.25) is 0 Å². The van der Waals surface area contributed by atoms with Gasteiger partial charge in [-0.2, -0.15) is 0 Å². The molecule has 2 aliphatic heterocycles. The molecule has 0 aliphatic carbocycles. The molecule has 4 nitrogen and oxygen atoms in total. The zero-order chi connectivity index (χ0) is 47.4. The third-order valence-electron chi connectivity index (χ3n) is 13.8. The Morgan fingerprint density at radius 2 is 0.910 bits per heavy atom. The van der Waals surface area contributed by atoms with Gasteiger partial charge in [0.15, 0.2) is 0 Å². The van der Waals surface area contributed by atoms with Crippen LogP contribution in [-0.2, 0) is 43.1 Å². The van der Waals surface area contributed by atoms with Gasteiger partial charge in [0.25, 0.3) is 0 Å². The van der Waals surface area contributed by atoms with E-state index in [4.69, 9.17) is 26.4 Å². The molecule has 334 valence electrons. The fourth-order valence-electron chi connectivity index (χ4n) is 9.85. The van der Waals surface area contributed by atoms with Crippen molar-refractivity contribution in [1.82, 2.24) is 19.9 Å². The zero-order valence-corrected chi connectivity index (χ0v) is 45.4. The Morgan fingerprint density at radius 3 is 1.28 bits per heavy atom. The van der Waals surface area contributed by atoms with Gasteiger partial charge in [-0.05, 0) is 151 Å². The molecule has 0 atom stereocenters. The molecular formula is C62H64N4Zn. The molecule has 0 amide bonds. The van der Waals surface area contributed by atoms with E-state index in [1.807, 2.05) is 24.3 Å². The zero-order valence-electron chi connectivity index (χ0n) is 42.4. The van der Waals surface area contributed by atoms with Crippen molar-refractivity contribution < 1.29 is 19.5 Å². The van der Waals surface area contributed by atoms with Crippen LogP contribution in [0.25, 0.3) is 66.6 Å². The number of aromatic nitrogens is 4. The van der Waals surface area contributed by atoms with Gasteiger partial charge in [-0.3, -0.25) is 0 Å². The molecule has 0 saturated heterocycles. The number of aryl methyl sites for hydroxylation is 4. The topological polar surface area (TPSA) is 54.0 Å². The summed E-state index contributed by atoms with van der Waals surface area (Å²) in [5.41, 5.74) is 26.9. The normalized spacial score (nSPS) is 12.8. The summed E-state index contributed by atoms with van der Waals surface area (Å²) in [6.07, 6.45) is 8.94. The van der Waals surface area contributed by atoms with Crippen LogP contribution in [0.3, 0.4) is 0 Å². The maximum Gasteiger partial charge on any atom is 2.00 e. The summed E-state index contributed by atoms with van der Waals surface area (Å²) in [6.45, 7) is 31.8. The van der Waals surface area contributed by atoms with Crippen LogP contribution in [0, 0.1) is 38.0 Å². The number of hydrogen-bond acceptors (Lipinski definition) is 2. The molecule has 0 saturated carbocycles.